The van der Waals surface area contributed by atoms with Crippen LogP contribution in [-0.4, -0.2) is 36.2 Å². The summed E-state index contributed by atoms with van der Waals surface area (Å²) in [6.45, 7) is 1.76. The SMILES string of the molecule is O=C(NO)c1ccc2c(c1)CC(NC(=O)C1CCCNC1)CC2. The molecule has 6 nitrogen and oxygen atoms in total. The third-order valence-electron chi connectivity index (χ3n) is 4.81. The van der Waals surface area contributed by atoms with Gasteiger partial charge in [0.25, 0.3) is 5.91 Å². The van der Waals surface area contributed by atoms with Crippen LogP contribution in [0.2, 0.25) is 0 Å². The van der Waals surface area contributed by atoms with Crippen LogP contribution in [0.4, 0.5) is 0 Å². The number of amides is 2. The van der Waals surface area contributed by atoms with E-state index in [1.54, 1.807) is 17.6 Å². The Balaban J connectivity index is 1.64. The zero-order valence-corrected chi connectivity index (χ0v) is 13.1. The highest BCUT2D eigenvalue weighted by molar-refractivity contribution is 5.93. The molecule has 6 heteroatoms. The summed E-state index contributed by atoms with van der Waals surface area (Å²) >= 11 is 0. The highest BCUT2D eigenvalue weighted by Gasteiger charge is 2.26. The van der Waals surface area contributed by atoms with Gasteiger partial charge < -0.3 is 10.6 Å². The van der Waals surface area contributed by atoms with E-state index in [0.717, 1.165) is 50.8 Å². The molecule has 4 N–H and O–H groups in total. The molecule has 2 amide bonds. The molecular weight excluding hydrogens is 294 g/mol. The number of aryl methyl sites for hydroxylation is 1. The normalized spacial score (nSPS) is 23.7. The fourth-order valence-corrected chi connectivity index (χ4v) is 3.48. The van der Waals surface area contributed by atoms with Crippen LogP contribution >= 0.6 is 0 Å². The average molecular weight is 317 g/mol. The zero-order valence-electron chi connectivity index (χ0n) is 13.1. The van der Waals surface area contributed by atoms with Crippen molar-refractivity contribution < 1.29 is 14.8 Å². The summed E-state index contributed by atoms with van der Waals surface area (Å²) in [4.78, 5) is 23.9. The molecule has 1 fully saturated rings. The van der Waals surface area contributed by atoms with E-state index in [9.17, 15) is 9.59 Å². The Hall–Kier alpha value is -1.92. The van der Waals surface area contributed by atoms with Crippen molar-refractivity contribution in [2.45, 2.75) is 38.1 Å². The molecule has 1 aromatic carbocycles. The summed E-state index contributed by atoms with van der Waals surface area (Å²) in [5, 5.41) is 15.2. The van der Waals surface area contributed by atoms with E-state index in [2.05, 4.69) is 10.6 Å². The van der Waals surface area contributed by atoms with Crippen LogP contribution in [-0.2, 0) is 17.6 Å². The first kappa shape index (κ1) is 16.0. The van der Waals surface area contributed by atoms with Crippen molar-refractivity contribution >= 4 is 11.8 Å². The number of carbonyl (C=O) groups is 2. The fraction of sp³-hybridized carbons (Fsp3) is 0.529. The molecule has 1 aliphatic carbocycles. The Labute approximate surface area is 135 Å². The van der Waals surface area contributed by atoms with E-state index >= 15 is 0 Å². The smallest absolute Gasteiger partial charge is 0.274 e. The number of rotatable bonds is 3. The number of nitrogens with one attached hydrogen (secondary N) is 3. The molecule has 1 saturated heterocycles. The fourth-order valence-electron chi connectivity index (χ4n) is 3.48. The molecular formula is C17H23N3O3. The van der Waals surface area contributed by atoms with Crippen LogP contribution < -0.4 is 16.1 Å². The molecule has 0 bridgehead atoms. The van der Waals surface area contributed by atoms with E-state index in [-0.39, 0.29) is 17.9 Å². The predicted octanol–water partition coefficient (Wildman–Crippen LogP) is 0.779. The van der Waals surface area contributed by atoms with Gasteiger partial charge in [-0.3, -0.25) is 14.8 Å². The van der Waals surface area contributed by atoms with Gasteiger partial charge in [0, 0.05) is 18.2 Å². The van der Waals surface area contributed by atoms with Crippen molar-refractivity contribution in [3.63, 3.8) is 0 Å². The first-order valence-corrected chi connectivity index (χ1v) is 8.24. The summed E-state index contributed by atoms with van der Waals surface area (Å²) in [6, 6.07) is 5.57. The van der Waals surface area contributed by atoms with Gasteiger partial charge in [-0.15, -0.1) is 0 Å². The topological polar surface area (TPSA) is 90.5 Å². The molecule has 0 radical (unpaired) electrons. The van der Waals surface area contributed by atoms with E-state index in [1.165, 1.54) is 5.56 Å². The minimum absolute atomic E-state index is 0.0663. The number of fused-ring (bicyclic) bond motifs is 1. The average Bonchev–Trinajstić information content (AvgIpc) is 2.61. The molecule has 1 aromatic rings. The third-order valence-corrected chi connectivity index (χ3v) is 4.81. The molecule has 2 unspecified atom stereocenters. The summed E-state index contributed by atoms with van der Waals surface area (Å²) in [5.41, 5.74) is 4.38. The number of hydrogen-bond donors (Lipinski definition) is 4. The molecule has 124 valence electrons. The van der Waals surface area contributed by atoms with Crippen LogP contribution in [0.5, 0.6) is 0 Å². The second-order valence-electron chi connectivity index (χ2n) is 6.42. The van der Waals surface area contributed by atoms with Gasteiger partial charge in [-0.1, -0.05) is 6.07 Å². The lowest BCUT2D eigenvalue weighted by atomic mass is 9.86. The molecule has 2 atom stereocenters. The number of hydroxylamine groups is 1. The van der Waals surface area contributed by atoms with Gasteiger partial charge in [0.2, 0.25) is 5.91 Å². The first-order chi connectivity index (χ1) is 11.2. The number of benzene rings is 1. The Morgan fingerprint density at radius 3 is 2.83 bits per heavy atom. The van der Waals surface area contributed by atoms with E-state index in [4.69, 9.17) is 5.21 Å². The Bertz CT molecular complexity index is 597. The van der Waals surface area contributed by atoms with Crippen LogP contribution in [0.1, 0.15) is 40.7 Å². The van der Waals surface area contributed by atoms with Crippen molar-refractivity contribution in [2.75, 3.05) is 13.1 Å². The lowest BCUT2D eigenvalue weighted by molar-refractivity contribution is -0.126. The molecule has 1 aliphatic heterocycles. The van der Waals surface area contributed by atoms with E-state index in [1.807, 2.05) is 6.07 Å². The van der Waals surface area contributed by atoms with Crippen molar-refractivity contribution in [2.24, 2.45) is 5.92 Å². The van der Waals surface area contributed by atoms with Crippen molar-refractivity contribution in [3.05, 3.63) is 34.9 Å². The van der Waals surface area contributed by atoms with Crippen LogP contribution in [0.15, 0.2) is 18.2 Å². The minimum Gasteiger partial charge on any atom is -0.353 e. The summed E-state index contributed by atoms with van der Waals surface area (Å²) in [7, 11) is 0. The largest absolute Gasteiger partial charge is 0.353 e. The molecule has 2 aliphatic rings. The highest BCUT2D eigenvalue weighted by Crippen LogP contribution is 2.23. The van der Waals surface area contributed by atoms with Gasteiger partial charge in [-0.25, -0.2) is 5.48 Å². The molecule has 23 heavy (non-hydrogen) atoms. The lowest BCUT2D eigenvalue weighted by Crippen LogP contribution is -2.46. The second-order valence-corrected chi connectivity index (χ2v) is 6.42. The van der Waals surface area contributed by atoms with Crippen LogP contribution in [0.3, 0.4) is 0 Å². The number of hydrogen-bond acceptors (Lipinski definition) is 4. The highest BCUT2D eigenvalue weighted by atomic mass is 16.5. The van der Waals surface area contributed by atoms with Gasteiger partial charge >= 0.3 is 0 Å². The molecule has 0 aromatic heterocycles. The first-order valence-electron chi connectivity index (χ1n) is 8.24. The van der Waals surface area contributed by atoms with Crippen LogP contribution in [0.25, 0.3) is 0 Å². The Kier molecular flexibility index (Phi) is 4.93. The lowest BCUT2D eigenvalue weighted by Gasteiger charge is -2.29. The van der Waals surface area contributed by atoms with Gasteiger partial charge in [-0.2, -0.15) is 0 Å². The summed E-state index contributed by atoms with van der Waals surface area (Å²) < 4.78 is 0. The zero-order chi connectivity index (χ0) is 16.2. The van der Waals surface area contributed by atoms with Gasteiger partial charge in [0.15, 0.2) is 0 Å². The molecule has 0 spiro atoms. The molecule has 0 saturated carbocycles. The van der Waals surface area contributed by atoms with Crippen LogP contribution in [0, 0.1) is 5.92 Å². The maximum Gasteiger partial charge on any atom is 0.274 e. The van der Waals surface area contributed by atoms with Crippen molar-refractivity contribution in [3.8, 4) is 0 Å². The van der Waals surface area contributed by atoms with Crippen molar-refractivity contribution in [1.29, 1.82) is 0 Å². The quantitative estimate of drug-likeness (QED) is 0.490. The maximum atomic E-state index is 12.4. The summed E-state index contributed by atoms with van der Waals surface area (Å²) in [5.74, 6) is -0.307. The van der Waals surface area contributed by atoms with Gasteiger partial charge in [0.1, 0.15) is 0 Å². The number of piperidine rings is 1. The van der Waals surface area contributed by atoms with E-state index in [0.29, 0.717) is 5.56 Å². The molecule has 3 rings (SSSR count). The predicted molar refractivity (Wildman–Crippen MR) is 85.2 cm³/mol. The Morgan fingerprint density at radius 1 is 1.22 bits per heavy atom. The summed E-state index contributed by atoms with van der Waals surface area (Å²) in [6.07, 6.45) is 4.54. The second kappa shape index (κ2) is 7.10. The minimum atomic E-state index is -0.507. The maximum absolute atomic E-state index is 12.4. The Morgan fingerprint density at radius 2 is 2.09 bits per heavy atom. The van der Waals surface area contributed by atoms with Crippen molar-refractivity contribution in [1.82, 2.24) is 16.1 Å². The van der Waals surface area contributed by atoms with E-state index < -0.39 is 5.91 Å². The molecule has 1 heterocycles. The third kappa shape index (κ3) is 3.71. The monoisotopic (exact) mass is 317 g/mol. The standard InChI is InChI=1S/C17H23N3O3/c21-16(13-2-1-7-18-10-13)19-15-6-5-11-3-4-12(17(22)20-23)8-14(11)9-15/h3-4,8,13,15,18,23H,1-2,5-7,9-10H2,(H,19,21)(H,20,22). The van der Waals surface area contributed by atoms with Gasteiger partial charge in [0.05, 0.1) is 5.92 Å². The van der Waals surface area contributed by atoms with Gasteiger partial charge in [-0.05, 0) is 61.9 Å². The number of carbonyl (C=O) groups excluding carboxylic acids is 2.